The third kappa shape index (κ3) is 4.62. The van der Waals surface area contributed by atoms with E-state index in [1.807, 2.05) is 16.7 Å². The molecule has 0 saturated heterocycles. The third-order valence-electron chi connectivity index (χ3n) is 5.87. The monoisotopic (exact) mass is 493 g/mol. The molecule has 0 aliphatic heterocycles. The van der Waals surface area contributed by atoms with Crippen molar-refractivity contribution in [2.24, 2.45) is 5.22 Å². The van der Waals surface area contributed by atoms with E-state index in [2.05, 4.69) is 32.9 Å². The van der Waals surface area contributed by atoms with Crippen molar-refractivity contribution >= 4 is 35.2 Å². The van der Waals surface area contributed by atoms with E-state index in [1.165, 1.54) is 36.7 Å². The molecule has 10 nitrogen and oxygen atoms in total. The van der Waals surface area contributed by atoms with Gasteiger partial charge in [-0.15, -0.1) is 0 Å². The summed E-state index contributed by atoms with van der Waals surface area (Å²) in [7, 11) is 0. The number of amides is 1. The van der Waals surface area contributed by atoms with Gasteiger partial charge in [0.25, 0.3) is 5.91 Å². The van der Waals surface area contributed by atoms with Crippen LogP contribution >= 0.6 is 11.6 Å². The Bertz CT molecular complexity index is 1430. The minimum Gasteiger partial charge on any atom is -0.348 e. The number of nitrogens with one attached hydrogen (secondary N) is 3. The van der Waals surface area contributed by atoms with Crippen LogP contribution < -0.4 is 10.3 Å². The summed E-state index contributed by atoms with van der Waals surface area (Å²) < 4.78 is 18.3. The van der Waals surface area contributed by atoms with E-state index in [4.69, 9.17) is 22.5 Å². The molecule has 1 saturated carbocycles. The predicted octanol–water partition coefficient (Wildman–Crippen LogP) is 4.54. The van der Waals surface area contributed by atoms with Crippen LogP contribution in [-0.4, -0.2) is 31.4 Å². The van der Waals surface area contributed by atoms with Gasteiger partial charge in [-0.1, -0.05) is 22.9 Å². The van der Waals surface area contributed by atoms with Crippen LogP contribution in [0.2, 0.25) is 5.02 Å². The molecule has 4 aromatic rings. The highest BCUT2D eigenvalue weighted by atomic mass is 35.5. The van der Waals surface area contributed by atoms with Crippen molar-refractivity contribution in [3.63, 3.8) is 0 Å². The maximum atomic E-state index is 14.6. The number of pyridine rings is 1. The van der Waals surface area contributed by atoms with Crippen LogP contribution in [0.15, 0.2) is 54.3 Å². The Kier molecular flexibility index (Phi) is 6.00. The maximum absolute atomic E-state index is 14.6. The molecule has 1 amide bonds. The minimum absolute atomic E-state index is 0.00742. The average Bonchev–Trinajstić information content (AvgIpc) is 3.47. The van der Waals surface area contributed by atoms with Crippen LogP contribution in [0.3, 0.4) is 0 Å². The van der Waals surface area contributed by atoms with Crippen LogP contribution in [0, 0.1) is 16.8 Å². The second-order valence-corrected chi connectivity index (χ2v) is 8.68. The van der Waals surface area contributed by atoms with Gasteiger partial charge in [0.1, 0.15) is 17.8 Å². The Hall–Kier alpha value is -4.12. The number of hydrogen-bond donors (Lipinski definition) is 3. The van der Waals surface area contributed by atoms with Crippen molar-refractivity contribution in [2.45, 2.75) is 31.8 Å². The molecule has 1 aromatic carbocycles. The van der Waals surface area contributed by atoms with Crippen molar-refractivity contribution in [2.75, 3.05) is 5.01 Å². The van der Waals surface area contributed by atoms with Gasteiger partial charge in [-0.25, -0.2) is 14.4 Å². The number of fused-ring (bicyclic) bond motifs is 1. The number of nitrogens with zero attached hydrogens (tertiary/aromatic N) is 6. The Morgan fingerprint density at radius 3 is 2.86 bits per heavy atom. The van der Waals surface area contributed by atoms with Gasteiger partial charge in [0.15, 0.2) is 0 Å². The highest BCUT2D eigenvalue weighted by Crippen LogP contribution is 2.39. The van der Waals surface area contributed by atoms with E-state index < -0.39 is 11.7 Å². The summed E-state index contributed by atoms with van der Waals surface area (Å²) in [5.41, 5.74) is 10.6. The largest absolute Gasteiger partial charge is 0.348 e. The lowest BCUT2D eigenvalue weighted by Crippen LogP contribution is -2.25. The number of rotatable bonds is 9. The molecule has 178 valence electrons. The maximum Gasteiger partial charge on any atom is 0.254 e. The molecule has 0 radical (unpaired) electrons. The fourth-order valence-electron chi connectivity index (χ4n) is 3.92. The van der Waals surface area contributed by atoms with E-state index in [0.717, 1.165) is 22.7 Å². The number of anilines is 1. The molecule has 5 rings (SSSR count). The van der Waals surface area contributed by atoms with Gasteiger partial charge in [-0.2, -0.15) is 10.6 Å². The molecule has 1 aliphatic rings. The van der Waals surface area contributed by atoms with Crippen molar-refractivity contribution in [3.8, 4) is 0 Å². The number of imidazole rings is 1. The van der Waals surface area contributed by atoms with E-state index in [9.17, 15) is 9.18 Å². The molecule has 1 fully saturated rings. The zero-order valence-electron chi connectivity index (χ0n) is 18.4. The number of hydrogen-bond acceptors (Lipinski definition) is 6. The first kappa shape index (κ1) is 22.7. The van der Waals surface area contributed by atoms with Gasteiger partial charge in [0, 0.05) is 30.7 Å². The lowest BCUT2D eigenvalue weighted by Gasteiger charge is -2.17. The fraction of sp³-hybridized carbons (Fsp3) is 0.217. The smallest absolute Gasteiger partial charge is 0.254 e. The first-order chi connectivity index (χ1) is 17.0. The number of carbonyl (C=O) groups is 1. The van der Waals surface area contributed by atoms with Crippen LogP contribution in [0.4, 0.5) is 10.1 Å². The van der Waals surface area contributed by atoms with E-state index >= 15 is 0 Å². The predicted molar refractivity (Wildman–Crippen MR) is 127 cm³/mol. The summed E-state index contributed by atoms with van der Waals surface area (Å²) in [6.45, 7) is 0.168. The summed E-state index contributed by atoms with van der Waals surface area (Å²) in [4.78, 5) is 17.3. The Morgan fingerprint density at radius 2 is 2.11 bits per heavy atom. The quantitative estimate of drug-likeness (QED) is 0.137. The molecule has 35 heavy (non-hydrogen) atoms. The summed E-state index contributed by atoms with van der Waals surface area (Å²) >= 11 is 5.88. The van der Waals surface area contributed by atoms with Crippen molar-refractivity contribution < 1.29 is 9.18 Å². The van der Waals surface area contributed by atoms with Gasteiger partial charge < -0.3 is 9.72 Å². The molecule has 3 aromatic heterocycles. The number of benzene rings is 1. The molecular weight excluding hydrogens is 473 g/mol. The zero-order valence-corrected chi connectivity index (χ0v) is 19.2. The Labute approximate surface area is 204 Å². The molecule has 0 atom stereocenters. The van der Waals surface area contributed by atoms with Gasteiger partial charge in [-0.3, -0.25) is 14.9 Å². The normalized spacial score (nSPS) is 13.1. The standard InChI is InChI=1S/C23H21ClFN9O/c24-19-4-5-20(34(13-26)31-27)18(22(19)25)8-28-23(35)16-7-29-33(10-16)12-17-11-32-9-15(14-1-2-14)3-6-21(32)30-17/h3-7,9-11,13-14,26-27H,1-2,8,12H2,(H,28,35). The van der Waals surface area contributed by atoms with Crippen LogP contribution in [0.25, 0.3) is 5.65 Å². The SMILES string of the molecule is N=CN(N=N)c1ccc(Cl)c(F)c1CNC(=O)c1cnn(Cc2cn3cc(C4CC4)ccc3n2)c1. The molecule has 0 unspecified atom stereocenters. The topological polar surface area (TPSA) is 128 Å². The van der Waals surface area contributed by atoms with E-state index in [-0.39, 0.29) is 22.8 Å². The molecule has 3 N–H and O–H groups in total. The second kappa shape index (κ2) is 9.26. The fourth-order valence-corrected chi connectivity index (χ4v) is 4.09. The third-order valence-corrected chi connectivity index (χ3v) is 6.16. The van der Waals surface area contributed by atoms with E-state index in [0.29, 0.717) is 18.0 Å². The van der Waals surface area contributed by atoms with Gasteiger partial charge in [0.05, 0.1) is 34.7 Å². The summed E-state index contributed by atoms with van der Waals surface area (Å²) in [6.07, 6.45) is 10.3. The Morgan fingerprint density at radius 1 is 1.29 bits per heavy atom. The summed E-state index contributed by atoms with van der Waals surface area (Å²) in [5.74, 6) is -0.564. The number of halogens is 2. The van der Waals surface area contributed by atoms with Gasteiger partial charge >= 0.3 is 0 Å². The highest BCUT2D eigenvalue weighted by molar-refractivity contribution is 6.30. The molecule has 1 aliphatic carbocycles. The first-order valence-corrected chi connectivity index (χ1v) is 11.3. The zero-order chi connectivity index (χ0) is 24.5. The van der Waals surface area contributed by atoms with Gasteiger partial charge in [0.2, 0.25) is 0 Å². The van der Waals surface area contributed by atoms with Crippen molar-refractivity contribution in [1.29, 1.82) is 10.9 Å². The molecule has 0 bridgehead atoms. The number of aromatic nitrogens is 4. The number of carbonyl (C=O) groups excluding carboxylic acids is 1. The Balaban J connectivity index is 1.28. The molecule has 0 spiro atoms. The highest BCUT2D eigenvalue weighted by Gasteiger charge is 2.24. The molecule has 12 heteroatoms. The van der Waals surface area contributed by atoms with E-state index in [1.54, 1.807) is 10.9 Å². The van der Waals surface area contributed by atoms with Crippen molar-refractivity contribution in [3.05, 3.63) is 82.3 Å². The van der Waals surface area contributed by atoms with Crippen molar-refractivity contribution in [1.82, 2.24) is 24.5 Å². The molecular formula is C23H21ClFN9O. The second-order valence-electron chi connectivity index (χ2n) is 8.28. The van der Waals surface area contributed by atoms with Crippen LogP contribution in [0.5, 0.6) is 0 Å². The minimum atomic E-state index is -0.757. The summed E-state index contributed by atoms with van der Waals surface area (Å²) in [6, 6.07) is 6.86. The van der Waals surface area contributed by atoms with Crippen LogP contribution in [0.1, 0.15) is 45.9 Å². The summed E-state index contributed by atoms with van der Waals surface area (Å²) in [5, 5.41) is 18.1. The molecule has 3 heterocycles. The van der Waals surface area contributed by atoms with Crippen LogP contribution in [-0.2, 0) is 13.1 Å². The first-order valence-electron chi connectivity index (χ1n) is 10.9. The van der Waals surface area contributed by atoms with Gasteiger partial charge in [-0.05, 0) is 42.5 Å². The average molecular weight is 494 g/mol. The lowest BCUT2D eigenvalue weighted by molar-refractivity contribution is 0.0950. The lowest BCUT2D eigenvalue weighted by atomic mass is 10.1.